The van der Waals surface area contributed by atoms with Gasteiger partial charge in [0.1, 0.15) is 0 Å². The minimum atomic E-state index is 0.163. The SMILES string of the molecule is Clc1ccc(C2CCCC3(C=Nc4ccccc43)C2)s1. The average Bonchev–Trinajstić information content (AvgIpc) is 3.05. The standard InChI is InChI=1S/C17H16ClNS/c18-16-8-7-15(20-16)12-4-3-9-17(10-12)11-19-14-6-2-1-5-13(14)17/h1-2,5-8,11-12H,3-4,9-10H2. The highest BCUT2D eigenvalue weighted by atomic mass is 35.5. The molecule has 1 aromatic carbocycles. The molecule has 2 aliphatic rings. The second-order valence-electron chi connectivity index (χ2n) is 5.87. The van der Waals surface area contributed by atoms with E-state index in [0.29, 0.717) is 5.92 Å². The van der Waals surface area contributed by atoms with Crippen LogP contribution in [0.3, 0.4) is 0 Å². The van der Waals surface area contributed by atoms with Crippen molar-refractivity contribution in [3.05, 3.63) is 51.2 Å². The zero-order chi connectivity index (χ0) is 13.6. The Hall–Kier alpha value is -1.12. The summed E-state index contributed by atoms with van der Waals surface area (Å²) in [6, 6.07) is 12.8. The van der Waals surface area contributed by atoms with Crippen LogP contribution in [0.4, 0.5) is 5.69 Å². The van der Waals surface area contributed by atoms with E-state index in [2.05, 4.69) is 41.5 Å². The van der Waals surface area contributed by atoms with Crippen molar-refractivity contribution in [1.29, 1.82) is 0 Å². The van der Waals surface area contributed by atoms with Crippen LogP contribution in [-0.2, 0) is 5.41 Å². The predicted octanol–water partition coefficient (Wildman–Crippen LogP) is 5.71. The first-order valence-electron chi connectivity index (χ1n) is 7.17. The van der Waals surface area contributed by atoms with Gasteiger partial charge < -0.3 is 0 Å². The summed E-state index contributed by atoms with van der Waals surface area (Å²) in [7, 11) is 0. The van der Waals surface area contributed by atoms with E-state index in [1.807, 2.05) is 6.07 Å². The second kappa shape index (κ2) is 4.71. The molecule has 0 saturated heterocycles. The van der Waals surface area contributed by atoms with Crippen LogP contribution in [-0.4, -0.2) is 6.21 Å². The van der Waals surface area contributed by atoms with Crippen molar-refractivity contribution in [3.8, 4) is 0 Å². The molecule has 3 heteroatoms. The fourth-order valence-corrected chi connectivity index (χ4v) is 4.93. The van der Waals surface area contributed by atoms with Crippen LogP contribution in [0.25, 0.3) is 0 Å². The summed E-state index contributed by atoms with van der Waals surface area (Å²) in [5.41, 5.74) is 2.75. The molecular formula is C17H16ClNS. The molecule has 2 unspecified atom stereocenters. The smallest absolute Gasteiger partial charge is 0.0931 e. The molecule has 1 spiro atoms. The number of fused-ring (bicyclic) bond motifs is 2. The topological polar surface area (TPSA) is 12.4 Å². The quantitative estimate of drug-likeness (QED) is 0.639. The van der Waals surface area contributed by atoms with Gasteiger partial charge in [-0.05, 0) is 48.9 Å². The molecule has 1 nitrogen and oxygen atoms in total. The van der Waals surface area contributed by atoms with Gasteiger partial charge in [0.05, 0.1) is 10.0 Å². The molecule has 1 aliphatic carbocycles. The first kappa shape index (κ1) is 12.6. The molecule has 0 radical (unpaired) electrons. The number of nitrogens with zero attached hydrogens (tertiary/aromatic N) is 1. The lowest BCUT2D eigenvalue weighted by molar-refractivity contribution is 0.352. The number of aliphatic imine (C=N–C) groups is 1. The summed E-state index contributed by atoms with van der Waals surface area (Å²) in [5.74, 6) is 0.624. The molecule has 1 aliphatic heterocycles. The van der Waals surface area contributed by atoms with Gasteiger partial charge in [0.2, 0.25) is 0 Å². The number of hydrogen-bond donors (Lipinski definition) is 0. The van der Waals surface area contributed by atoms with E-state index in [0.717, 1.165) is 10.0 Å². The van der Waals surface area contributed by atoms with Crippen LogP contribution >= 0.6 is 22.9 Å². The maximum atomic E-state index is 6.10. The van der Waals surface area contributed by atoms with Gasteiger partial charge >= 0.3 is 0 Å². The van der Waals surface area contributed by atoms with Crippen molar-refractivity contribution < 1.29 is 0 Å². The molecule has 1 fully saturated rings. The largest absolute Gasteiger partial charge is 0.260 e. The van der Waals surface area contributed by atoms with Crippen molar-refractivity contribution in [2.24, 2.45) is 4.99 Å². The Labute approximate surface area is 128 Å². The monoisotopic (exact) mass is 301 g/mol. The van der Waals surface area contributed by atoms with Crippen molar-refractivity contribution >= 4 is 34.8 Å². The van der Waals surface area contributed by atoms with Crippen molar-refractivity contribution in [1.82, 2.24) is 0 Å². The van der Waals surface area contributed by atoms with Gasteiger partial charge in [-0.25, -0.2) is 0 Å². The highest BCUT2D eigenvalue weighted by Gasteiger charge is 2.41. The van der Waals surface area contributed by atoms with Gasteiger partial charge in [0.25, 0.3) is 0 Å². The lowest BCUT2D eigenvalue weighted by Crippen LogP contribution is -2.31. The van der Waals surface area contributed by atoms with Crippen molar-refractivity contribution in [2.75, 3.05) is 0 Å². The normalized spacial score (nSPS) is 27.9. The minimum absolute atomic E-state index is 0.163. The third-order valence-electron chi connectivity index (χ3n) is 4.67. The summed E-state index contributed by atoms with van der Waals surface area (Å²) >= 11 is 7.84. The van der Waals surface area contributed by atoms with E-state index in [1.165, 1.54) is 36.1 Å². The van der Waals surface area contributed by atoms with Gasteiger partial charge in [-0.3, -0.25) is 4.99 Å². The molecule has 2 heterocycles. The van der Waals surface area contributed by atoms with Gasteiger partial charge in [-0.15, -0.1) is 11.3 Å². The molecule has 0 bridgehead atoms. The molecule has 1 aromatic heterocycles. The second-order valence-corrected chi connectivity index (χ2v) is 7.61. The zero-order valence-electron chi connectivity index (χ0n) is 11.2. The summed E-state index contributed by atoms with van der Waals surface area (Å²) in [6.07, 6.45) is 7.14. The molecular weight excluding hydrogens is 286 g/mol. The molecule has 102 valence electrons. The lowest BCUT2D eigenvalue weighted by atomic mass is 9.67. The first-order valence-corrected chi connectivity index (χ1v) is 8.36. The number of halogens is 1. The van der Waals surface area contributed by atoms with Crippen LogP contribution in [0.5, 0.6) is 0 Å². The van der Waals surface area contributed by atoms with Gasteiger partial charge in [0, 0.05) is 16.5 Å². The third-order valence-corrected chi connectivity index (χ3v) is 6.07. The van der Waals surface area contributed by atoms with Gasteiger partial charge in [-0.2, -0.15) is 0 Å². The van der Waals surface area contributed by atoms with Crippen LogP contribution in [0.15, 0.2) is 41.4 Å². The molecule has 2 atom stereocenters. The van der Waals surface area contributed by atoms with Crippen molar-refractivity contribution in [3.63, 3.8) is 0 Å². The van der Waals surface area contributed by atoms with Crippen LogP contribution in [0, 0.1) is 0 Å². The van der Waals surface area contributed by atoms with E-state index >= 15 is 0 Å². The molecule has 0 N–H and O–H groups in total. The number of para-hydroxylation sites is 1. The Bertz CT molecular complexity index is 675. The Balaban J connectivity index is 1.69. The van der Waals surface area contributed by atoms with E-state index in [4.69, 9.17) is 11.6 Å². The zero-order valence-corrected chi connectivity index (χ0v) is 12.8. The third kappa shape index (κ3) is 1.94. The molecule has 4 rings (SSSR count). The van der Waals surface area contributed by atoms with Crippen LogP contribution in [0.2, 0.25) is 4.34 Å². The van der Waals surface area contributed by atoms with Gasteiger partial charge in [-0.1, -0.05) is 36.2 Å². The Morgan fingerprint density at radius 3 is 2.95 bits per heavy atom. The number of hydrogen-bond acceptors (Lipinski definition) is 2. The number of thiophene rings is 1. The molecule has 0 amide bonds. The highest BCUT2D eigenvalue weighted by Crippen LogP contribution is 2.51. The maximum Gasteiger partial charge on any atom is 0.0931 e. The summed E-state index contributed by atoms with van der Waals surface area (Å²) < 4.78 is 0.903. The summed E-state index contributed by atoms with van der Waals surface area (Å²) in [5, 5.41) is 0. The van der Waals surface area contributed by atoms with Crippen molar-refractivity contribution in [2.45, 2.75) is 37.0 Å². The number of benzene rings is 1. The predicted molar refractivity (Wildman–Crippen MR) is 86.8 cm³/mol. The first-order chi connectivity index (χ1) is 9.77. The minimum Gasteiger partial charge on any atom is -0.260 e. The van der Waals surface area contributed by atoms with E-state index in [9.17, 15) is 0 Å². The van der Waals surface area contributed by atoms with E-state index < -0.39 is 0 Å². The van der Waals surface area contributed by atoms with E-state index in [1.54, 1.807) is 11.3 Å². The van der Waals surface area contributed by atoms with Gasteiger partial charge in [0.15, 0.2) is 0 Å². The maximum absolute atomic E-state index is 6.10. The fourth-order valence-electron chi connectivity index (χ4n) is 3.73. The molecule has 20 heavy (non-hydrogen) atoms. The number of rotatable bonds is 1. The summed E-state index contributed by atoms with van der Waals surface area (Å²) in [6.45, 7) is 0. The Kier molecular flexibility index (Phi) is 2.97. The average molecular weight is 302 g/mol. The lowest BCUT2D eigenvalue weighted by Gasteiger charge is -2.36. The van der Waals surface area contributed by atoms with E-state index in [-0.39, 0.29) is 5.41 Å². The molecule has 1 saturated carbocycles. The molecule has 2 aromatic rings. The Morgan fingerprint density at radius 1 is 1.20 bits per heavy atom. The fraction of sp³-hybridized carbons (Fsp3) is 0.353. The van der Waals surface area contributed by atoms with Crippen LogP contribution in [0.1, 0.15) is 42.0 Å². The van der Waals surface area contributed by atoms with Crippen LogP contribution < -0.4 is 0 Å². The summed E-state index contributed by atoms with van der Waals surface area (Å²) in [4.78, 5) is 6.10. The highest BCUT2D eigenvalue weighted by molar-refractivity contribution is 7.16. The Morgan fingerprint density at radius 2 is 2.10 bits per heavy atom.